The fourth-order valence-electron chi connectivity index (χ4n) is 4.91. The van der Waals surface area contributed by atoms with Crippen LogP contribution < -0.4 is 5.32 Å². The van der Waals surface area contributed by atoms with Crippen molar-refractivity contribution in [1.82, 2.24) is 4.90 Å². The molecule has 7 nitrogen and oxygen atoms in total. The molecule has 0 spiro atoms. The van der Waals surface area contributed by atoms with Crippen molar-refractivity contribution < 1.29 is 23.9 Å². The molecule has 3 aliphatic rings. The van der Waals surface area contributed by atoms with E-state index < -0.39 is 25.0 Å². The Morgan fingerprint density at radius 2 is 1.83 bits per heavy atom. The lowest BCUT2D eigenvalue weighted by atomic mass is 9.81. The molecule has 154 valence electrons. The Balaban J connectivity index is 1.30. The number of carbonyl (C=O) groups excluding carboxylic acids is 4. The number of ether oxygens (including phenoxy) is 1. The molecule has 29 heavy (non-hydrogen) atoms. The quantitative estimate of drug-likeness (QED) is 0.513. The summed E-state index contributed by atoms with van der Waals surface area (Å²) in [7, 11) is 0. The molecule has 1 saturated heterocycles. The largest absolute Gasteiger partial charge is 0.454 e. The van der Waals surface area contributed by atoms with Gasteiger partial charge in [0, 0.05) is 10.2 Å². The fourth-order valence-corrected chi connectivity index (χ4v) is 5.54. The van der Waals surface area contributed by atoms with E-state index in [1.807, 2.05) is 0 Å². The van der Waals surface area contributed by atoms with E-state index in [1.54, 1.807) is 19.1 Å². The van der Waals surface area contributed by atoms with Crippen molar-refractivity contribution in [1.29, 1.82) is 0 Å². The molecule has 9 heteroatoms. The first-order chi connectivity index (χ1) is 13.8. The van der Waals surface area contributed by atoms with Crippen LogP contribution in [0.3, 0.4) is 0 Å². The van der Waals surface area contributed by atoms with Crippen molar-refractivity contribution in [2.45, 2.75) is 26.2 Å². The van der Waals surface area contributed by atoms with E-state index in [2.05, 4.69) is 21.2 Å². The van der Waals surface area contributed by atoms with Gasteiger partial charge in [0.2, 0.25) is 11.8 Å². The van der Waals surface area contributed by atoms with E-state index in [-0.39, 0.29) is 35.5 Å². The smallest absolute Gasteiger partial charge is 0.326 e. The van der Waals surface area contributed by atoms with E-state index in [0.29, 0.717) is 15.2 Å². The summed E-state index contributed by atoms with van der Waals surface area (Å²) in [6, 6.07) is 3.36. The molecule has 0 unspecified atom stereocenters. The number of anilines is 1. The maximum absolute atomic E-state index is 12.6. The van der Waals surface area contributed by atoms with Crippen molar-refractivity contribution in [2.75, 3.05) is 18.5 Å². The topological polar surface area (TPSA) is 92.8 Å². The number of esters is 1. The van der Waals surface area contributed by atoms with Crippen LogP contribution in [-0.4, -0.2) is 41.7 Å². The molecule has 4 atom stereocenters. The van der Waals surface area contributed by atoms with Crippen molar-refractivity contribution >= 4 is 56.9 Å². The van der Waals surface area contributed by atoms with Gasteiger partial charge in [0.05, 0.1) is 16.9 Å². The van der Waals surface area contributed by atoms with Crippen LogP contribution in [0.25, 0.3) is 0 Å². The molecule has 1 aromatic carbocycles. The highest BCUT2D eigenvalue weighted by Crippen LogP contribution is 2.56. The Labute approximate surface area is 181 Å². The summed E-state index contributed by atoms with van der Waals surface area (Å²) >= 11 is 9.33. The van der Waals surface area contributed by atoms with Gasteiger partial charge in [-0.3, -0.25) is 24.1 Å². The summed E-state index contributed by atoms with van der Waals surface area (Å²) in [4.78, 5) is 50.4. The highest BCUT2D eigenvalue weighted by atomic mass is 79.9. The summed E-state index contributed by atoms with van der Waals surface area (Å²) in [6.07, 6.45) is 2.89. The third-order valence-corrected chi connectivity index (χ3v) is 7.41. The third kappa shape index (κ3) is 3.68. The van der Waals surface area contributed by atoms with Gasteiger partial charge in [-0.05, 0) is 71.6 Å². The van der Waals surface area contributed by atoms with E-state index >= 15 is 0 Å². The Hall–Kier alpha value is -1.93. The molecule has 2 bridgehead atoms. The van der Waals surface area contributed by atoms with E-state index in [1.165, 1.54) is 0 Å². The van der Waals surface area contributed by atoms with Crippen molar-refractivity contribution in [3.8, 4) is 0 Å². The van der Waals surface area contributed by atoms with Crippen LogP contribution >= 0.6 is 27.5 Å². The average molecular weight is 484 g/mol. The molecule has 0 aromatic heterocycles. The van der Waals surface area contributed by atoms with Crippen molar-refractivity contribution in [2.24, 2.45) is 23.7 Å². The van der Waals surface area contributed by atoms with Crippen LogP contribution in [-0.2, 0) is 23.9 Å². The van der Waals surface area contributed by atoms with Crippen molar-refractivity contribution in [3.63, 3.8) is 0 Å². The highest BCUT2D eigenvalue weighted by Gasteiger charge is 2.61. The van der Waals surface area contributed by atoms with Crippen molar-refractivity contribution in [3.05, 3.63) is 27.2 Å². The molecule has 1 aliphatic heterocycles. The maximum Gasteiger partial charge on any atom is 0.326 e. The van der Waals surface area contributed by atoms with Crippen LogP contribution in [0, 0.1) is 30.6 Å². The summed E-state index contributed by atoms with van der Waals surface area (Å²) in [5.41, 5.74) is 1.29. The fraction of sp³-hybridized carbons (Fsp3) is 0.500. The number of rotatable bonds is 5. The number of hydrogen-bond donors (Lipinski definition) is 1. The average Bonchev–Trinajstić information content (AvgIpc) is 3.34. The molecule has 1 N–H and O–H groups in total. The first kappa shape index (κ1) is 20.3. The van der Waals surface area contributed by atoms with Gasteiger partial charge in [0.15, 0.2) is 6.61 Å². The summed E-state index contributed by atoms with van der Waals surface area (Å²) in [5.74, 6) is -1.88. The molecule has 3 amide bonds. The van der Waals surface area contributed by atoms with Crippen LogP contribution in [0.2, 0.25) is 5.02 Å². The number of likely N-dealkylation sites (tertiary alicyclic amines) is 1. The lowest BCUT2D eigenvalue weighted by molar-refractivity contribution is -0.154. The molecule has 1 heterocycles. The number of aryl methyl sites for hydroxylation is 1. The molecule has 1 aromatic rings. The number of nitrogens with zero attached hydrogens (tertiary/aromatic N) is 1. The summed E-state index contributed by atoms with van der Waals surface area (Å²) in [5, 5.41) is 3.07. The molecular formula is C20H20BrClN2O5. The molecule has 2 aliphatic carbocycles. The maximum atomic E-state index is 12.6. The van der Waals surface area contributed by atoms with Gasteiger partial charge in [0.25, 0.3) is 5.91 Å². The van der Waals surface area contributed by atoms with Crippen LogP contribution in [0.1, 0.15) is 24.8 Å². The lowest BCUT2D eigenvalue weighted by Crippen LogP contribution is -2.38. The number of nitrogens with one attached hydrogen (secondary N) is 1. The van der Waals surface area contributed by atoms with Crippen LogP contribution in [0.4, 0.5) is 5.69 Å². The highest BCUT2D eigenvalue weighted by molar-refractivity contribution is 9.10. The zero-order valence-electron chi connectivity index (χ0n) is 15.7. The normalized spacial score (nSPS) is 27.3. The van der Waals surface area contributed by atoms with Gasteiger partial charge in [-0.25, -0.2) is 0 Å². The van der Waals surface area contributed by atoms with Gasteiger partial charge in [0.1, 0.15) is 6.54 Å². The minimum absolute atomic E-state index is 0.259. The van der Waals surface area contributed by atoms with Gasteiger partial charge in [-0.2, -0.15) is 0 Å². The number of fused-ring (bicyclic) bond motifs is 5. The Kier molecular flexibility index (Phi) is 5.42. The van der Waals surface area contributed by atoms with Gasteiger partial charge < -0.3 is 10.1 Å². The molecule has 3 fully saturated rings. The number of hydrogen-bond acceptors (Lipinski definition) is 5. The number of carbonyl (C=O) groups is 4. The van der Waals surface area contributed by atoms with Gasteiger partial charge >= 0.3 is 5.97 Å². The standard InChI is InChI=1S/C20H20BrClN2O5/c1-9-4-12(21)13(22)6-14(9)23-15(25)8-29-16(26)7-24-19(27)17-10-2-3-11(5-10)18(17)20(24)28/h4,6,10-11,17-18H,2-3,5,7-8H2,1H3,(H,23,25)/t10-,11-,17+,18+/m0/s1. The third-order valence-electron chi connectivity index (χ3n) is 6.21. The molecule has 4 rings (SSSR count). The first-order valence-electron chi connectivity index (χ1n) is 9.52. The van der Waals surface area contributed by atoms with Gasteiger partial charge in [-0.1, -0.05) is 11.6 Å². The summed E-state index contributed by atoms with van der Waals surface area (Å²) in [6.45, 7) is 0.845. The number of halogens is 2. The van der Waals surface area contributed by atoms with E-state index in [0.717, 1.165) is 29.7 Å². The predicted octanol–water partition coefficient (Wildman–Crippen LogP) is 2.92. The van der Waals surface area contributed by atoms with E-state index in [4.69, 9.17) is 16.3 Å². The zero-order valence-corrected chi connectivity index (χ0v) is 18.1. The van der Waals surface area contributed by atoms with Crippen LogP contribution in [0.5, 0.6) is 0 Å². The Bertz CT molecular complexity index is 892. The Morgan fingerprint density at radius 3 is 2.45 bits per heavy atom. The van der Waals surface area contributed by atoms with Gasteiger partial charge in [-0.15, -0.1) is 0 Å². The number of amides is 3. The minimum atomic E-state index is -0.778. The second kappa shape index (κ2) is 7.72. The number of benzene rings is 1. The number of imide groups is 1. The first-order valence-corrected chi connectivity index (χ1v) is 10.7. The second-order valence-electron chi connectivity index (χ2n) is 7.94. The molecule has 2 saturated carbocycles. The SMILES string of the molecule is Cc1cc(Br)c(Cl)cc1NC(=O)COC(=O)CN1C(=O)[C@@H]2[C@H]3CC[C@@H](C3)[C@H]2C1=O. The van der Waals surface area contributed by atoms with Crippen LogP contribution in [0.15, 0.2) is 16.6 Å². The second-order valence-corrected chi connectivity index (χ2v) is 9.20. The summed E-state index contributed by atoms with van der Waals surface area (Å²) < 4.78 is 5.69. The minimum Gasteiger partial charge on any atom is -0.454 e. The Morgan fingerprint density at radius 1 is 1.21 bits per heavy atom. The lowest BCUT2D eigenvalue weighted by Gasteiger charge is -2.19. The molecular weight excluding hydrogens is 464 g/mol. The molecule has 0 radical (unpaired) electrons. The predicted molar refractivity (Wildman–Crippen MR) is 108 cm³/mol. The monoisotopic (exact) mass is 482 g/mol. The van der Waals surface area contributed by atoms with E-state index in [9.17, 15) is 19.2 Å². The zero-order chi connectivity index (χ0) is 20.9.